The van der Waals surface area contributed by atoms with Crippen molar-refractivity contribution in [2.75, 3.05) is 6.61 Å². The summed E-state index contributed by atoms with van der Waals surface area (Å²) in [7, 11) is 0. The first-order valence-corrected chi connectivity index (χ1v) is 5.08. The number of benzene rings is 1. The lowest BCUT2D eigenvalue weighted by Crippen LogP contribution is -2.10. The van der Waals surface area contributed by atoms with E-state index in [9.17, 15) is 9.18 Å². The van der Waals surface area contributed by atoms with E-state index in [2.05, 4.69) is 0 Å². The second-order valence-corrected chi connectivity index (χ2v) is 4.05. The Morgan fingerprint density at radius 3 is 2.87 bits per heavy atom. The molecule has 0 aliphatic heterocycles. The van der Waals surface area contributed by atoms with Crippen molar-refractivity contribution in [1.29, 1.82) is 0 Å². The Kier molecular flexibility index (Phi) is 2.82. The molecular weight excluding hydrogens is 195 g/mol. The molecule has 1 fully saturated rings. The molecule has 1 aliphatic carbocycles. The third kappa shape index (κ3) is 2.07. The van der Waals surface area contributed by atoms with Crippen LogP contribution in [0.5, 0.6) is 0 Å². The lowest BCUT2D eigenvalue weighted by atomic mass is 9.89. The van der Waals surface area contributed by atoms with E-state index in [4.69, 9.17) is 5.11 Å². The third-order valence-corrected chi connectivity index (χ3v) is 3.02. The molecule has 2 rings (SSSR count). The lowest BCUT2D eigenvalue weighted by Gasteiger charge is -2.16. The molecule has 0 amide bonds. The fourth-order valence-electron chi connectivity index (χ4n) is 2.25. The van der Waals surface area contributed by atoms with Gasteiger partial charge in [0.1, 0.15) is 11.6 Å². The van der Waals surface area contributed by atoms with E-state index < -0.39 is 0 Å². The molecule has 0 bridgehead atoms. The molecule has 15 heavy (non-hydrogen) atoms. The van der Waals surface area contributed by atoms with Crippen LogP contribution in [-0.2, 0) is 4.79 Å². The Morgan fingerprint density at radius 1 is 1.40 bits per heavy atom. The monoisotopic (exact) mass is 208 g/mol. The Hall–Kier alpha value is -1.22. The number of aliphatic hydroxyl groups excluding tert-OH is 1. The molecule has 1 aromatic rings. The molecule has 2 unspecified atom stereocenters. The molecular formula is C12H13FO2. The zero-order valence-electron chi connectivity index (χ0n) is 8.32. The SMILES string of the molecule is O=C1CC(CO)C(c2cccc(F)c2)C1. The van der Waals surface area contributed by atoms with Gasteiger partial charge in [0, 0.05) is 19.4 Å². The molecule has 1 saturated carbocycles. The van der Waals surface area contributed by atoms with Crippen LogP contribution in [0.3, 0.4) is 0 Å². The lowest BCUT2D eigenvalue weighted by molar-refractivity contribution is -0.117. The summed E-state index contributed by atoms with van der Waals surface area (Å²) in [5, 5.41) is 9.14. The molecule has 0 aromatic heterocycles. The van der Waals surface area contributed by atoms with Crippen molar-refractivity contribution in [3.63, 3.8) is 0 Å². The summed E-state index contributed by atoms with van der Waals surface area (Å²) < 4.78 is 13.0. The van der Waals surface area contributed by atoms with Crippen LogP contribution in [0.1, 0.15) is 24.3 Å². The van der Waals surface area contributed by atoms with Crippen LogP contribution in [0.2, 0.25) is 0 Å². The van der Waals surface area contributed by atoms with Gasteiger partial charge in [-0.2, -0.15) is 0 Å². The standard InChI is InChI=1S/C12H13FO2/c13-10-3-1-2-8(4-10)12-6-11(15)5-9(12)7-14/h1-4,9,12,14H,5-7H2. The fourth-order valence-corrected chi connectivity index (χ4v) is 2.25. The average Bonchev–Trinajstić information content (AvgIpc) is 2.59. The minimum atomic E-state index is -0.288. The van der Waals surface area contributed by atoms with Gasteiger partial charge in [-0.05, 0) is 29.5 Å². The normalized spacial score (nSPS) is 25.9. The molecule has 0 heterocycles. The summed E-state index contributed by atoms with van der Waals surface area (Å²) in [5.74, 6) is -0.190. The van der Waals surface area contributed by atoms with E-state index in [1.165, 1.54) is 12.1 Å². The molecule has 1 N–H and O–H groups in total. The van der Waals surface area contributed by atoms with Crippen molar-refractivity contribution in [2.24, 2.45) is 5.92 Å². The van der Waals surface area contributed by atoms with Crippen LogP contribution in [0.4, 0.5) is 4.39 Å². The van der Waals surface area contributed by atoms with Gasteiger partial charge in [0.05, 0.1) is 0 Å². The minimum absolute atomic E-state index is 0.00702. The molecule has 80 valence electrons. The van der Waals surface area contributed by atoms with Crippen molar-refractivity contribution >= 4 is 5.78 Å². The van der Waals surface area contributed by atoms with Gasteiger partial charge < -0.3 is 5.11 Å². The highest BCUT2D eigenvalue weighted by atomic mass is 19.1. The predicted octanol–water partition coefficient (Wildman–Crippen LogP) is 1.88. The number of hydrogen-bond donors (Lipinski definition) is 1. The number of Topliss-reactive ketones (excluding diaryl/α,β-unsaturated/α-hetero) is 1. The highest BCUT2D eigenvalue weighted by molar-refractivity contribution is 5.82. The summed E-state index contributed by atoms with van der Waals surface area (Å²) in [6.45, 7) is -0.00702. The van der Waals surface area contributed by atoms with Gasteiger partial charge in [0.15, 0.2) is 0 Å². The molecule has 0 saturated heterocycles. The largest absolute Gasteiger partial charge is 0.396 e. The van der Waals surface area contributed by atoms with E-state index in [0.717, 1.165) is 5.56 Å². The Morgan fingerprint density at radius 2 is 2.20 bits per heavy atom. The van der Waals surface area contributed by atoms with Crippen LogP contribution < -0.4 is 0 Å². The molecule has 1 aliphatic rings. The summed E-state index contributed by atoms with van der Waals surface area (Å²) in [5.41, 5.74) is 0.819. The van der Waals surface area contributed by atoms with Crippen molar-refractivity contribution in [2.45, 2.75) is 18.8 Å². The number of hydrogen-bond acceptors (Lipinski definition) is 2. The number of carbonyl (C=O) groups excluding carboxylic acids is 1. The second kappa shape index (κ2) is 4.11. The maximum Gasteiger partial charge on any atom is 0.133 e. The van der Waals surface area contributed by atoms with Crippen molar-refractivity contribution in [3.8, 4) is 0 Å². The highest BCUT2D eigenvalue weighted by Crippen LogP contribution is 2.37. The van der Waals surface area contributed by atoms with Gasteiger partial charge in [0.2, 0.25) is 0 Å². The Bertz CT molecular complexity index is 376. The van der Waals surface area contributed by atoms with Crippen molar-refractivity contribution in [1.82, 2.24) is 0 Å². The van der Waals surface area contributed by atoms with Gasteiger partial charge in [-0.15, -0.1) is 0 Å². The van der Waals surface area contributed by atoms with Gasteiger partial charge in [-0.3, -0.25) is 4.79 Å². The van der Waals surface area contributed by atoms with Crippen molar-refractivity contribution < 1.29 is 14.3 Å². The number of halogens is 1. The number of aliphatic hydroxyl groups is 1. The smallest absolute Gasteiger partial charge is 0.133 e. The third-order valence-electron chi connectivity index (χ3n) is 3.02. The molecule has 3 heteroatoms. The van der Waals surface area contributed by atoms with Gasteiger partial charge in [-0.1, -0.05) is 12.1 Å². The van der Waals surface area contributed by atoms with E-state index in [1.54, 1.807) is 6.07 Å². The first-order chi connectivity index (χ1) is 7.20. The zero-order chi connectivity index (χ0) is 10.8. The topological polar surface area (TPSA) is 37.3 Å². The average molecular weight is 208 g/mol. The highest BCUT2D eigenvalue weighted by Gasteiger charge is 2.33. The molecule has 1 aromatic carbocycles. The number of ketones is 1. The first kappa shape index (κ1) is 10.3. The summed E-state index contributed by atoms with van der Waals surface area (Å²) in [6.07, 6.45) is 0.840. The number of rotatable bonds is 2. The summed E-state index contributed by atoms with van der Waals surface area (Å²) >= 11 is 0. The van der Waals surface area contributed by atoms with E-state index in [-0.39, 0.29) is 30.0 Å². The molecule has 0 radical (unpaired) electrons. The maximum atomic E-state index is 13.0. The van der Waals surface area contributed by atoms with Crippen molar-refractivity contribution in [3.05, 3.63) is 35.6 Å². The van der Waals surface area contributed by atoms with E-state index in [1.807, 2.05) is 6.07 Å². The first-order valence-electron chi connectivity index (χ1n) is 5.08. The van der Waals surface area contributed by atoms with Crippen LogP contribution in [-0.4, -0.2) is 17.5 Å². The quantitative estimate of drug-likeness (QED) is 0.805. The molecule has 2 nitrogen and oxygen atoms in total. The minimum Gasteiger partial charge on any atom is -0.396 e. The number of carbonyl (C=O) groups is 1. The summed E-state index contributed by atoms with van der Waals surface area (Å²) in [6, 6.07) is 6.29. The van der Waals surface area contributed by atoms with Crippen LogP contribution in [0.25, 0.3) is 0 Å². The van der Waals surface area contributed by atoms with Gasteiger partial charge >= 0.3 is 0 Å². The molecule has 0 spiro atoms. The fraction of sp³-hybridized carbons (Fsp3) is 0.417. The van der Waals surface area contributed by atoms with E-state index >= 15 is 0 Å². The van der Waals surface area contributed by atoms with Crippen LogP contribution >= 0.6 is 0 Å². The molecule has 2 atom stereocenters. The Balaban J connectivity index is 2.26. The summed E-state index contributed by atoms with van der Waals surface area (Å²) in [4.78, 5) is 11.3. The van der Waals surface area contributed by atoms with Gasteiger partial charge in [0.25, 0.3) is 0 Å². The van der Waals surface area contributed by atoms with Crippen LogP contribution in [0.15, 0.2) is 24.3 Å². The van der Waals surface area contributed by atoms with Crippen LogP contribution in [0, 0.1) is 11.7 Å². The van der Waals surface area contributed by atoms with Gasteiger partial charge in [-0.25, -0.2) is 4.39 Å². The zero-order valence-corrected chi connectivity index (χ0v) is 8.32. The Labute approximate surface area is 87.7 Å². The second-order valence-electron chi connectivity index (χ2n) is 4.05. The van der Waals surface area contributed by atoms with E-state index in [0.29, 0.717) is 12.8 Å². The maximum absolute atomic E-state index is 13.0. The predicted molar refractivity (Wildman–Crippen MR) is 54.0 cm³/mol.